The molecule has 2 nitrogen and oxygen atoms in total. The highest BCUT2D eigenvalue weighted by atomic mass is 16.3. The largest absolute Gasteiger partial charge is 0.456 e. The van der Waals surface area contributed by atoms with E-state index in [-0.39, 0.29) is 0 Å². The molecule has 0 spiro atoms. The van der Waals surface area contributed by atoms with Crippen LogP contribution in [0.3, 0.4) is 0 Å². The Morgan fingerprint density at radius 3 is 1.44 bits per heavy atom. The second-order valence-corrected chi connectivity index (χ2v) is 14.3. The van der Waals surface area contributed by atoms with Gasteiger partial charge in [0, 0.05) is 21.5 Å². The molecule has 0 aliphatic carbocycles. The van der Waals surface area contributed by atoms with Crippen LogP contribution in [0.4, 0.5) is 0 Å². The molecule has 0 bridgehead atoms. The Hall–Kier alpha value is -7.16. The molecule has 250 valence electrons. The van der Waals surface area contributed by atoms with Gasteiger partial charge in [0.05, 0.1) is 0 Å². The molecule has 0 unspecified atom stereocenters. The molecule has 0 saturated heterocycles. The summed E-state index contributed by atoms with van der Waals surface area (Å²) in [7, 11) is 0. The van der Waals surface area contributed by atoms with Gasteiger partial charge in [0.25, 0.3) is 0 Å². The molecule has 2 heterocycles. The first-order valence-electron chi connectivity index (χ1n) is 18.5. The van der Waals surface area contributed by atoms with Gasteiger partial charge in [-0.2, -0.15) is 0 Å². The molecular formula is C52H30O2. The van der Waals surface area contributed by atoms with Crippen molar-refractivity contribution in [1.82, 2.24) is 0 Å². The number of fused-ring (bicyclic) bond motifs is 11. The third kappa shape index (κ3) is 4.17. The Labute approximate surface area is 310 Å². The van der Waals surface area contributed by atoms with Gasteiger partial charge in [-0.1, -0.05) is 146 Å². The number of para-hydroxylation sites is 1. The summed E-state index contributed by atoms with van der Waals surface area (Å²) in [5.41, 5.74) is 10.8. The van der Waals surface area contributed by atoms with E-state index in [1.807, 2.05) is 24.3 Å². The average Bonchev–Trinajstić information content (AvgIpc) is 3.80. The normalized spacial score (nSPS) is 12.1. The first kappa shape index (κ1) is 29.4. The zero-order chi connectivity index (χ0) is 35.3. The molecule has 2 aromatic heterocycles. The summed E-state index contributed by atoms with van der Waals surface area (Å²) in [5.74, 6) is 0. The quantitative estimate of drug-likeness (QED) is 0.173. The molecular weight excluding hydrogens is 657 g/mol. The molecule has 12 rings (SSSR count). The molecule has 0 fully saturated rings. The van der Waals surface area contributed by atoms with Crippen LogP contribution in [-0.4, -0.2) is 0 Å². The fraction of sp³-hybridized carbons (Fsp3) is 0. The minimum Gasteiger partial charge on any atom is -0.456 e. The molecule has 0 N–H and O–H groups in total. The lowest BCUT2D eigenvalue weighted by Gasteiger charge is -2.20. The fourth-order valence-corrected chi connectivity index (χ4v) is 9.09. The predicted octanol–water partition coefficient (Wildman–Crippen LogP) is 15.1. The standard InChI is InChI=1S/C52H30O2/c1-2-12-32-29-33(22-21-31(32)11-1)35-24-25-42(37-14-4-3-13-36(35)37)50-40-17-7-5-15-38(40)49(39-16-6-8-18-41(39)50)34-23-26-46-44(30-34)52-48(54-46)28-27-47-51(52)43-19-9-10-20-45(43)53-47/h1-30H. The minimum absolute atomic E-state index is 0.866. The molecule has 54 heavy (non-hydrogen) atoms. The SMILES string of the molecule is c1ccc2cc(-c3ccc(-c4c5ccccc5c(-c5ccc6oc7ccc8oc9ccccc9c8c7c6c5)c5ccccc45)c4ccccc34)ccc2c1. The van der Waals surface area contributed by atoms with Gasteiger partial charge in [-0.25, -0.2) is 0 Å². The van der Waals surface area contributed by atoms with Gasteiger partial charge in [-0.3, -0.25) is 0 Å². The van der Waals surface area contributed by atoms with Gasteiger partial charge in [-0.15, -0.1) is 0 Å². The fourth-order valence-electron chi connectivity index (χ4n) is 9.09. The van der Waals surface area contributed by atoms with E-state index in [0.717, 1.165) is 49.4 Å². The summed E-state index contributed by atoms with van der Waals surface area (Å²) < 4.78 is 12.8. The summed E-state index contributed by atoms with van der Waals surface area (Å²) in [5, 5.41) is 14.3. The lowest BCUT2D eigenvalue weighted by Crippen LogP contribution is -1.92. The topological polar surface area (TPSA) is 26.3 Å². The van der Waals surface area contributed by atoms with Gasteiger partial charge in [0.2, 0.25) is 0 Å². The maximum absolute atomic E-state index is 6.48. The smallest absolute Gasteiger partial charge is 0.136 e. The van der Waals surface area contributed by atoms with Gasteiger partial charge >= 0.3 is 0 Å². The van der Waals surface area contributed by atoms with Crippen molar-refractivity contribution in [2.45, 2.75) is 0 Å². The van der Waals surface area contributed by atoms with Crippen molar-refractivity contribution in [1.29, 1.82) is 0 Å². The highest BCUT2D eigenvalue weighted by molar-refractivity contribution is 6.28. The van der Waals surface area contributed by atoms with Crippen LogP contribution < -0.4 is 0 Å². The molecule has 12 aromatic rings. The molecule has 0 amide bonds. The second kappa shape index (κ2) is 11.2. The zero-order valence-corrected chi connectivity index (χ0v) is 29.1. The van der Waals surface area contributed by atoms with Crippen LogP contribution in [0.5, 0.6) is 0 Å². The molecule has 0 atom stereocenters. The molecule has 10 aromatic carbocycles. The minimum atomic E-state index is 0.866. The maximum atomic E-state index is 6.48. The third-order valence-corrected chi connectivity index (χ3v) is 11.4. The van der Waals surface area contributed by atoms with Gasteiger partial charge < -0.3 is 8.83 Å². The van der Waals surface area contributed by atoms with E-state index in [0.29, 0.717) is 0 Å². The van der Waals surface area contributed by atoms with Crippen LogP contribution in [0.2, 0.25) is 0 Å². The Kier molecular flexibility index (Phi) is 6.09. The van der Waals surface area contributed by atoms with E-state index >= 15 is 0 Å². The zero-order valence-electron chi connectivity index (χ0n) is 29.1. The van der Waals surface area contributed by atoms with Gasteiger partial charge in [0.1, 0.15) is 22.3 Å². The molecule has 0 aliphatic rings. The van der Waals surface area contributed by atoms with Crippen LogP contribution in [-0.2, 0) is 0 Å². The van der Waals surface area contributed by atoms with Crippen molar-refractivity contribution in [3.05, 3.63) is 182 Å². The predicted molar refractivity (Wildman–Crippen MR) is 227 cm³/mol. The summed E-state index contributed by atoms with van der Waals surface area (Å²) in [6.45, 7) is 0. The van der Waals surface area contributed by atoms with Crippen LogP contribution in [0, 0.1) is 0 Å². The number of hydrogen-bond donors (Lipinski definition) is 0. The highest BCUT2D eigenvalue weighted by Gasteiger charge is 2.21. The summed E-state index contributed by atoms with van der Waals surface area (Å²) in [6, 6.07) is 65.8. The Balaban J connectivity index is 1.13. The monoisotopic (exact) mass is 686 g/mol. The van der Waals surface area contributed by atoms with Crippen molar-refractivity contribution in [3.63, 3.8) is 0 Å². The van der Waals surface area contributed by atoms with E-state index in [4.69, 9.17) is 8.83 Å². The third-order valence-electron chi connectivity index (χ3n) is 11.4. The number of benzene rings is 10. The molecule has 0 saturated carbocycles. The Bertz CT molecular complexity index is 3450. The Morgan fingerprint density at radius 2 is 0.741 bits per heavy atom. The Morgan fingerprint density at radius 1 is 0.259 bits per heavy atom. The number of furan rings is 2. The first-order valence-corrected chi connectivity index (χ1v) is 18.5. The van der Waals surface area contributed by atoms with E-state index in [2.05, 4.69) is 158 Å². The van der Waals surface area contributed by atoms with E-state index in [1.165, 1.54) is 70.9 Å². The van der Waals surface area contributed by atoms with Crippen molar-refractivity contribution in [2.24, 2.45) is 0 Å². The van der Waals surface area contributed by atoms with Crippen molar-refractivity contribution in [3.8, 4) is 33.4 Å². The van der Waals surface area contributed by atoms with E-state index in [1.54, 1.807) is 0 Å². The highest BCUT2D eigenvalue weighted by Crippen LogP contribution is 2.48. The second-order valence-electron chi connectivity index (χ2n) is 14.3. The van der Waals surface area contributed by atoms with Crippen molar-refractivity contribution in [2.75, 3.05) is 0 Å². The number of rotatable bonds is 3. The maximum Gasteiger partial charge on any atom is 0.136 e. The van der Waals surface area contributed by atoms with Crippen LogP contribution >= 0.6 is 0 Å². The first-order chi connectivity index (χ1) is 26.8. The van der Waals surface area contributed by atoms with Crippen LogP contribution in [0.1, 0.15) is 0 Å². The van der Waals surface area contributed by atoms with Gasteiger partial charge in [-0.05, 0) is 113 Å². The van der Waals surface area contributed by atoms with E-state index < -0.39 is 0 Å². The number of hydrogen-bond acceptors (Lipinski definition) is 2. The van der Waals surface area contributed by atoms with Crippen molar-refractivity contribution < 1.29 is 8.83 Å². The molecule has 0 radical (unpaired) electrons. The van der Waals surface area contributed by atoms with Gasteiger partial charge in [0.15, 0.2) is 0 Å². The lowest BCUT2D eigenvalue weighted by atomic mass is 9.83. The van der Waals surface area contributed by atoms with Crippen LogP contribution in [0.15, 0.2) is 191 Å². The lowest BCUT2D eigenvalue weighted by molar-refractivity contribution is 0.663. The summed E-state index contributed by atoms with van der Waals surface area (Å²) in [4.78, 5) is 0. The molecule has 0 aliphatic heterocycles. The van der Waals surface area contributed by atoms with Crippen molar-refractivity contribution >= 4 is 87.0 Å². The molecule has 2 heteroatoms. The summed E-state index contributed by atoms with van der Waals surface area (Å²) in [6.07, 6.45) is 0. The summed E-state index contributed by atoms with van der Waals surface area (Å²) >= 11 is 0. The average molecular weight is 687 g/mol. The van der Waals surface area contributed by atoms with E-state index in [9.17, 15) is 0 Å². The van der Waals surface area contributed by atoms with Crippen LogP contribution in [0.25, 0.3) is 120 Å².